The summed E-state index contributed by atoms with van der Waals surface area (Å²) in [7, 11) is 0. The molecule has 1 aliphatic heterocycles. The van der Waals surface area contributed by atoms with Gasteiger partial charge in [0.2, 0.25) is 0 Å². The van der Waals surface area contributed by atoms with E-state index in [-0.39, 0.29) is 6.09 Å². The molecule has 22 heavy (non-hydrogen) atoms. The molecule has 1 atom stereocenters. The zero-order chi connectivity index (χ0) is 16.6. The molecule has 130 valence electrons. The molecule has 0 aromatic rings. The summed E-state index contributed by atoms with van der Waals surface area (Å²) in [6.07, 6.45) is 3.50. The molecule has 1 N–H and O–H groups in total. The smallest absolute Gasteiger partial charge is 0.410 e. The molecule has 1 rings (SSSR count). The molecule has 0 saturated carbocycles. The zero-order valence-electron chi connectivity index (χ0n) is 15.2. The fourth-order valence-corrected chi connectivity index (χ4v) is 2.71. The highest BCUT2D eigenvalue weighted by Gasteiger charge is 2.25. The van der Waals surface area contributed by atoms with Gasteiger partial charge in [0.1, 0.15) is 5.60 Å². The van der Waals surface area contributed by atoms with Gasteiger partial charge in [0.05, 0.1) is 0 Å². The summed E-state index contributed by atoms with van der Waals surface area (Å²) >= 11 is 0. The van der Waals surface area contributed by atoms with Crippen LogP contribution >= 0.6 is 0 Å². The van der Waals surface area contributed by atoms with Gasteiger partial charge in [0.15, 0.2) is 0 Å². The molecule has 0 radical (unpaired) electrons. The van der Waals surface area contributed by atoms with Crippen molar-refractivity contribution in [2.75, 3.05) is 39.3 Å². The SMILES string of the molecule is CCCC(CC)NCCN1CCN(C(=O)OC(C)(C)C)CC1. The van der Waals surface area contributed by atoms with Crippen LogP contribution in [0.5, 0.6) is 0 Å². The maximum Gasteiger partial charge on any atom is 0.410 e. The van der Waals surface area contributed by atoms with E-state index < -0.39 is 5.60 Å². The molecule has 0 aliphatic carbocycles. The molecule has 0 bridgehead atoms. The molecule has 1 fully saturated rings. The molecule has 0 spiro atoms. The molecule has 0 aromatic heterocycles. The third-order valence-corrected chi connectivity index (χ3v) is 4.01. The number of piperazine rings is 1. The Morgan fingerprint density at radius 1 is 1.18 bits per heavy atom. The quantitative estimate of drug-likeness (QED) is 0.785. The van der Waals surface area contributed by atoms with Crippen LogP contribution in [0.1, 0.15) is 53.9 Å². The highest BCUT2D eigenvalue weighted by atomic mass is 16.6. The van der Waals surface area contributed by atoms with E-state index in [1.54, 1.807) is 0 Å². The van der Waals surface area contributed by atoms with E-state index in [0.717, 1.165) is 39.3 Å². The van der Waals surface area contributed by atoms with Crippen molar-refractivity contribution in [3.63, 3.8) is 0 Å². The van der Waals surface area contributed by atoms with Gasteiger partial charge in [-0.1, -0.05) is 20.3 Å². The summed E-state index contributed by atoms with van der Waals surface area (Å²) in [5, 5.41) is 3.64. The second-order valence-electron chi connectivity index (χ2n) is 7.16. The van der Waals surface area contributed by atoms with Gasteiger partial charge in [-0.15, -0.1) is 0 Å². The zero-order valence-corrected chi connectivity index (χ0v) is 15.2. The molecular formula is C17H35N3O2. The van der Waals surface area contributed by atoms with Crippen LogP contribution in [-0.2, 0) is 4.74 Å². The molecular weight excluding hydrogens is 278 g/mol. The predicted molar refractivity (Wildman–Crippen MR) is 91.2 cm³/mol. The van der Waals surface area contributed by atoms with E-state index in [1.807, 2.05) is 25.7 Å². The van der Waals surface area contributed by atoms with E-state index in [1.165, 1.54) is 19.3 Å². The minimum atomic E-state index is -0.410. The Bertz CT molecular complexity index is 320. The Balaban J connectivity index is 2.21. The van der Waals surface area contributed by atoms with Gasteiger partial charge in [-0.05, 0) is 33.6 Å². The van der Waals surface area contributed by atoms with Gasteiger partial charge < -0.3 is 15.0 Å². The van der Waals surface area contributed by atoms with E-state index >= 15 is 0 Å². The molecule has 1 amide bonds. The number of rotatable bonds is 7. The molecule has 1 heterocycles. The number of carbonyl (C=O) groups is 1. The summed E-state index contributed by atoms with van der Waals surface area (Å²) in [5.41, 5.74) is -0.410. The van der Waals surface area contributed by atoms with Gasteiger partial charge in [0, 0.05) is 45.3 Å². The first-order valence-corrected chi connectivity index (χ1v) is 8.79. The Labute approximate surface area is 136 Å². The maximum atomic E-state index is 12.0. The van der Waals surface area contributed by atoms with Gasteiger partial charge in [-0.25, -0.2) is 4.79 Å². The lowest BCUT2D eigenvalue weighted by atomic mass is 10.1. The minimum Gasteiger partial charge on any atom is -0.444 e. The Hall–Kier alpha value is -0.810. The second-order valence-corrected chi connectivity index (χ2v) is 7.16. The van der Waals surface area contributed by atoms with E-state index in [2.05, 4.69) is 24.1 Å². The molecule has 0 aromatic carbocycles. The first-order chi connectivity index (χ1) is 10.4. The van der Waals surface area contributed by atoms with E-state index in [4.69, 9.17) is 4.74 Å². The van der Waals surface area contributed by atoms with Crippen LogP contribution in [-0.4, -0.2) is 66.8 Å². The Kier molecular flexibility index (Phi) is 8.18. The fourth-order valence-electron chi connectivity index (χ4n) is 2.71. The van der Waals surface area contributed by atoms with E-state index in [9.17, 15) is 4.79 Å². The molecule has 1 unspecified atom stereocenters. The van der Waals surface area contributed by atoms with Gasteiger partial charge in [-0.2, -0.15) is 0 Å². The lowest BCUT2D eigenvalue weighted by molar-refractivity contribution is 0.0146. The molecule has 5 nitrogen and oxygen atoms in total. The topological polar surface area (TPSA) is 44.8 Å². The maximum absolute atomic E-state index is 12.0. The average molecular weight is 313 g/mol. The van der Waals surface area contributed by atoms with Crippen molar-refractivity contribution in [3.05, 3.63) is 0 Å². The monoisotopic (exact) mass is 313 g/mol. The van der Waals surface area contributed by atoms with Gasteiger partial charge in [0.25, 0.3) is 0 Å². The second kappa shape index (κ2) is 9.36. The molecule has 5 heteroatoms. The van der Waals surface area contributed by atoms with Gasteiger partial charge >= 0.3 is 6.09 Å². The molecule has 1 aliphatic rings. The van der Waals surface area contributed by atoms with Crippen molar-refractivity contribution in [1.29, 1.82) is 0 Å². The van der Waals surface area contributed by atoms with Crippen LogP contribution < -0.4 is 5.32 Å². The number of nitrogens with zero attached hydrogens (tertiary/aromatic N) is 2. The Morgan fingerprint density at radius 2 is 1.82 bits per heavy atom. The number of hydrogen-bond acceptors (Lipinski definition) is 4. The summed E-state index contributed by atoms with van der Waals surface area (Å²) in [4.78, 5) is 16.3. The van der Waals surface area contributed by atoms with Crippen LogP contribution in [0.3, 0.4) is 0 Å². The number of hydrogen-bond donors (Lipinski definition) is 1. The summed E-state index contributed by atoms with van der Waals surface area (Å²) in [6.45, 7) is 15.7. The van der Waals surface area contributed by atoms with Crippen LogP contribution in [0.15, 0.2) is 0 Å². The van der Waals surface area contributed by atoms with Crippen LogP contribution in [0.2, 0.25) is 0 Å². The number of nitrogens with one attached hydrogen (secondary N) is 1. The largest absolute Gasteiger partial charge is 0.444 e. The first-order valence-electron chi connectivity index (χ1n) is 8.79. The van der Waals surface area contributed by atoms with Crippen molar-refractivity contribution in [1.82, 2.24) is 15.1 Å². The standard InChI is InChI=1S/C17H35N3O2/c1-6-8-15(7-2)18-9-10-19-11-13-20(14-12-19)16(21)22-17(3,4)5/h15,18H,6-14H2,1-5H3. The lowest BCUT2D eigenvalue weighted by Gasteiger charge is -2.35. The van der Waals surface area contributed by atoms with Crippen molar-refractivity contribution < 1.29 is 9.53 Å². The van der Waals surface area contributed by atoms with Crippen LogP contribution in [0, 0.1) is 0 Å². The predicted octanol–water partition coefficient (Wildman–Crippen LogP) is 2.71. The third-order valence-electron chi connectivity index (χ3n) is 4.01. The minimum absolute atomic E-state index is 0.181. The molecule has 1 saturated heterocycles. The van der Waals surface area contributed by atoms with Crippen LogP contribution in [0.25, 0.3) is 0 Å². The van der Waals surface area contributed by atoms with Crippen molar-refractivity contribution >= 4 is 6.09 Å². The fraction of sp³-hybridized carbons (Fsp3) is 0.941. The number of amides is 1. The summed E-state index contributed by atoms with van der Waals surface area (Å²) in [6, 6.07) is 0.646. The van der Waals surface area contributed by atoms with E-state index in [0.29, 0.717) is 6.04 Å². The third kappa shape index (κ3) is 7.45. The normalized spacial score (nSPS) is 18.3. The van der Waals surface area contributed by atoms with Crippen molar-refractivity contribution in [2.45, 2.75) is 65.5 Å². The highest BCUT2D eigenvalue weighted by molar-refractivity contribution is 5.68. The summed E-state index contributed by atoms with van der Waals surface area (Å²) in [5.74, 6) is 0. The highest BCUT2D eigenvalue weighted by Crippen LogP contribution is 2.11. The van der Waals surface area contributed by atoms with Crippen molar-refractivity contribution in [3.8, 4) is 0 Å². The average Bonchev–Trinajstić information content (AvgIpc) is 2.45. The van der Waals surface area contributed by atoms with Gasteiger partial charge in [-0.3, -0.25) is 4.90 Å². The van der Waals surface area contributed by atoms with Crippen molar-refractivity contribution in [2.24, 2.45) is 0 Å². The number of carbonyl (C=O) groups excluding carboxylic acids is 1. The van der Waals surface area contributed by atoms with Crippen LogP contribution in [0.4, 0.5) is 4.79 Å². The lowest BCUT2D eigenvalue weighted by Crippen LogP contribution is -2.51. The first kappa shape index (κ1) is 19.2. The summed E-state index contributed by atoms with van der Waals surface area (Å²) < 4.78 is 5.42. The Morgan fingerprint density at radius 3 is 2.32 bits per heavy atom. The number of ether oxygens (including phenoxy) is 1.